The standard InChI is InChI=1S/C8H6N2O4/c11-7(6(10-14)8(12)13)5-2-1-3-9-4-5/h1-4,14H,(H,12,13)/b10-6-. The van der Waals surface area contributed by atoms with E-state index in [1.165, 1.54) is 24.5 Å². The van der Waals surface area contributed by atoms with Gasteiger partial charge in [-0.3, -0.25) is 9.78 Å². The van der Waals surface area contributed by atoms with Crippen LogP contribution in [0.4, 0.5) is 0 Å². The minimum atomic E-state index is -1.58. The van der Waals surface area contributed by atoms with Gasteiger partial charge in [0.15, 0.2) is 0 Å². The van der Waals surface area contributed by atoms with Crippen molar-refractivity contribution in [1.82, 2.24) is 4.98 Å². The number of aromatic nitrogens is 1. The third-order valence-electron chi connectivity index (χ3n) is 1.44. The lowest BCUT2D eigenvalue weighted by Crippen LogP contribution is -2.24. The van der Waals surface area contributed by atoms with Crippen molar-refractivity contribution in [2.45, 2.75) is 0 Å². The normalized spacial score (nSPS) is 11.0. The highest BCUT2D eigenvalue weighted by Gasteiger charge is 2.21. The molecule has 2 N–H and O–H groups in total. The highest BCUT2D eigenvalue weighted by molar-refractivity contribution is 6.67. The van der Waals surface area contributed by atoms with Gasteiger partial charge in [0.05, 0.1) is 0 Å². The summed E-state index contributed by atoms with van der Waals surface area (Å²) in [5.41, 5.74) is -0.874. The van der Waals surface area contributed by atoms with E-state index in [0.29, 0.717) is 0 Å². The van der Waals surface area contributed by atoms with E-state index in [-0.39, 0.29) is 5.56 Å². The Morgan fingerprint density at radius 1 is 1.43 bits per heavy atom. The highest BCUT2D eigenvalue weighted by Crippen LogP contribution is 1.99. The first-order chi connectivity index (χ1) is 6.66. The number of hydrogen-bond acceptors (Lipinski definition) is 5. The summed E-state index contributed by atoms with van der Waals surface area (Å²) >= 11 is 0. The van der Waals surface area contributed by atoms with Crippen LogP contribution in [0.25, 0.3) is 0 Å². The van der Waals surface area contributed by atoms with Crippen LogP contribution in [0.3, 0.4) is 0 Å². The second-order valence-electron chi connectivity index (χ2n) is 2.32. The largest absolute Gasteiger partial charge is 0.476 e. The molecule has 1 aromatic rings. The van der Waals surface area contributed by atoms with E-state index < -0.39 is 17.5 Å². The third-order valence-corrected chi connectivity index (χ3v) is 1.44. The topological polar surface area (TPSA) is 99.9 Å². The molecule has 0 saturated heterocycles. The van der Waals surface area contributed by atoms with Gasteiger partial charge in [-0.1, -0.05) is 5.16 Å². The van der Waals surface area contributed by atoms with Crippen LogP contribution in [0, 0.1) is 0 Å². The van der Waals surface area contributed by atoms with Crippen LogP contribution in [0.1, 0.15) is 10.4 Å². The molecule has 0 amide bonds. The second-order valence-corrected chi connectivity index (χ2v) is 2.32. The van der Waals surface area contributed by atoms with E-state index in [0.717, 1.165) is 0 Å². The fourth-order valence-electron chi connectivity index (χ4n) is 0.819. The number of carboxylic acid groups (broad SMARTS) is 1. The average Bonchev–Trinajstić information content (AvgIpc) is 2.19. The maximum absolute atomic E-state index is 11.3. The molecule has 0 radical (unpaired) electrons. The molecular formula is C8H6N2O4. The van der Waals surface area contributed by atoms with Gasteiger partial charge in [-0.2, -0.15) is 0 Å². The van der Waals surface area contributed by atoms with Crippen molar-refractivity contribution in [3.63, 3.8) is 0 Å². The molecule has 6 heteroatoms. The van der Waals surface area contributed by atoms with Crippen LogP contribution >= 0.6 is 0 Å². The molecule has 0 saturated carbocycles. The molecular weight excluding hydrogens is 188 g/mol. The number of aliphatic carboxylic acids is 1. The van der Waals surface area contributed by atoms with Crippen LogP contribution in [0.2, 0.25) is 0 Å². The zero-order chi connectivity index (χ0) is 10.6. The molecule has 0 aliphatic heterocycles. The molecule has 72 valence electrons. The smallest absolute Gasteiger partial charge is 0.362 e. The minimum Gasteiger partial charge on any atom is -0.476 e. The molecule has 6 nitrogen and oxygen atoms in total. The van der Waals surface area contributed by atoms with Crippen LogP contribution < -0.4 is 0 Å². The Morgan fingerprint density at radius 3 is 2.57 bits per heavy atom. The predicted octanol–water partition coefficient (Wildman–Crippen LogP) is 0.179. The first-order valence-electron chi connectivity index (χ1n) is 3.57. The number of oxime groups is 1. The Labute approximate surface area is 78.5 Å². The molecule has 14 heavy (non-hydrogen) atoms. The summed E-state index contributed by atoms with van der Waals surface area (Å²) in [6.45, 7) is 0. The monoisotopic (exact) mass is 194 g/mol. The molecule has 0 fully saturated rings. The average molecular weight is 194 g/mol. The van der Waals surface area contributed by atoms with E-state index >= 15 is 0 Å². The van der Waals surface area contributed by atoms with E-state index in [2.05, 4.69) is 10.1 Å². The SMILES string of the molecule is O=C(O)/C(=N\O)C(=O)c1cccnc1. The van der Waals surface area contributed by atoms with E-state index in [4.69, 9.17) is 10.3 Å². The number of carbonyl (C=O) groups excluding carboxylic acids is 1. The predicted molar refractivity (Wildman–Crippen MR) is 45.4 cm³/mol. The van der Waals surface area contributed by atoms with Gasteiger partial charge in [0, 0.05) is 18.0 Å². The number of ketones is 1. The Hall–Kier alpha value is -2.24. The molecule has 0 aliphatic carbocycles. The van der Waals surface area contributed by atoms with Crippen LogP contribution in [-0.2, 0) is 4.79 Å². The summed E-state index contributed by atoms with van der Waals surface area (Å²) in [7, 11) is 0. The molecule has 0 spiro atoms. The summed E-state index contributed by atoms with van der Waals surface area (Å²) in [6.07, 6.45) is 2.63. The summed E-state index contributed by atoms with van der Waals surface area (Å²) < 4.78 is 0. The lowest BCUT2D eigenvalue weighted by molar-refractivity contribution is -0.129. The third kappa shape index (κ3) is 1.92. The fraction of sp³-hybridized carbons (Fsp3) is 0. The van der Waals surface area contributed by atoms with Gasteiger partial charge in [-0.05, 0) is 12.1 Å². The van der Waals surface area contributed by atoms with Crippen molar-refractivity contribution in [3.05, 3.63) is 30.1 Å². The van der Waals surface area contributed by atoms with Crippen LogP contribution in [0.15, 0.2) is 29.7 Å². The number of Topliss-reactive ketones (excluding diaryl/α,β-unsaturated/α-hetero) is 1. The summed E-state index contributed by atoms with van der Waals surface area (Å²) in [5.74, 6) is -2.46. The molecule has 0 bridgehead atoms. The highest BCUT2D eigenvalue weighted by atomic mass is 16.4. The Morgan fingerprint density at radius 2 is 2.14 bits per heavy atom. The van der Waals surface area contributed by atoms with Crippen LogP contribution in [0.5, 0.6) is 0 Å². The van der Waals surface area contributed by atoms with Crippen molar-refractivity contribution in [2.75, 3.05) is 0 Å². The number of hydrogen-bond donors (Lipinski definition) is 2. The van der Waals surface area contributed by atoms with Crippen molar-refractivity contribution in [1.29, 1.82) is 0 Å². The second kappa shape index (κ2) is 4.13. The van der Waals surface area contributed by atoms with Crippen molar-refractivity contribution < 1.29 is 19.9 Å². The maximum Gasteiger partial charge on any atom is 0.362 e. The molecule has 1 heterocycles. The van der Waals surface area contributed by atoms with Gasteiger partial charge in [0.2, 0.25) is 11.5 Å². The van der Waals surface area contributed by atoms with Crippen molar-refractivity contribution in [2.24, 2.45) is 5.16 Å². The van der Waals surface area contributed by atoms with Gasteiger partial charge in [-0.25, -0.2) is 4.79 Å². The molecule has 1 aromatic heterocycles. The molecule has 0 aliphatic rings. The lowest BCUT2D eigenvalue weighted by atomic mass is 10.1. The molecule has 0 atom stereocenters. The molecule has 0 unspecified atom stereocenters. The van der Waals surface area contributed by atoms with Crippen molar-refractivity contribution >= 4 is 17.5 Å². The van der Waals surface area contributed by atoms with Gasteiger partial charge in [0.1, 0.15) is 0 Å². The molecule has 0 aromatic carbocycles. The number of carbonyl (C=O) groups is 2. The lowest BCUT2D eigenvalue weighted by Gasteiger charge is -1.97. The fourth-order valence-corrected chi connectivity index (χ4v) is 0.819. The van der Waals surface area contributed by atoms with Crippen LogP contribution in [-0.4, -0.2) is 32.8 Å². The Bertz CT molecular complexity index is 386. The summed E-state index contributed by atoms with van der Waals surface area (Å²) in [4.78, 5) is 25.4. The molecule has 1 rings (SSSR count). The summed E-state index contributed by atoms with van der Waals surface area (Å²) in [6, 6.07) is 2.85. The number of rotatable bonds is 3. The first kappa shape index (κ1) is 9.85. The van der Waals surface area contributed by atoms with Gasteiger partial charge in [0.25, 0.3) is 0 Å². The minimum absolute atomic E-state index is 0.0581. The Balaban J connectivity index is 3.02. The summed E-state index contributed by atoms with van der Waals surface area (Å²) in [5, 5.41) is 19.2. The maximum atomic E-state index is 11.3. The first-order valence-corrected chi connectivity index (χ1v) is 3.57. The van der Waals surface area contributed by atoms with Crippen molar-refractivity contribution in [3.8, 4) is 0 Å². The zero-order valence-electron chi connectivity index (χ0n) is 6.91. The van der Waals surface area contributed by atoms with Gasteiger partial charge < -0.3 is 10.3 Å². The van der Waals surface area contributed by atoms with Gasteiger partial charge >= 0.3 is 5.97 Å². The number of nitrogens with zero attached hydrogens (tertiary/aromatic N) is 2. The van der Waals surface area contributed by atoms with Gasteiger partial charge in [-0.15, -0.1) is 0 Å². The number of pyridine rings is 1. The van der Waals surface area contributed by atoms with E-state index in [1.807, 2.05) is 0 Å². The quantitative estimate of drug-likeness (QED) is 0.235. The number of carboxylic acids is 1. The van der Waals surface area contributed by atoms with E-state index in [9.17, 15) is 9.59 Å². The Kier molecular flexibility index (Phi) is 2.90. The zero-order valence-corrected chi connectivity index (χ0v) is 6.91. The van der Waals surface area contributed by atoms with E-state index in [1.54, 1.807) is 0 Å².